The number of ether oxygens (including phenoxy) is 2. The minimum absolute atomic E-state index is 0.170. The van der Waals surface area contributed by atoms with Gasteiger partial charge in [0.15, 0.2) is 0 Å². The Morgan fingerprint density at radius 1 is 1.33 bits per heavy atom. The molecule has 0 aliphatic carbocycles. The monoisotopic (exact) mass is 306 g/mol. The Bertz CT molecular complexity index is 496. The lowest BCUT2D eigenvalue weighted by molar-refractivity contribution is -0.137. The van der Waals surface area contributed by atoms with Crippen molar-refractivity contribution in [1.29, 1.82) is 0 Å². The van der Waals surface area contributed by atoms with E-state index in [4.69, 9.17) is 9.47 Å². The molecule has 0 spiro atoms. The molecular formula is C17H22O3S. The fourth-order valence-corrected chi connectivity index (χ4v) is 3.27. The third kappa shape index (κ3) is 4.27. The molecule has 3 nitrogen and oxygen atoms in total. The maximum atomic E-state index is 12.1. The molecule has 1 aliphatic rings. The number of rotatable bonds is 6. The van der Waals surface area contributed by atoms with Crippen LogP contribution in [0.1, 0.15) is 38.7 Å². The van der Waals surface area contributed by atoms with Crippen molar-refractivity contribution in [2.45, 2.75) is 39.2 Å². The summed E-state index contributed by atoms with van der Waals surface area (Å²) in [7, 11) is 0. The van der Waals surface area contributed by atoms with E-state index in [0.717, 1.165) is 30.6 Å². The highest BCUT2D eigenvalue weighted by atomic mass is 32.2. The molecule has 2 rings (SSSR count). The average Bonchev–Trinajstić information content (AvgIpc) is 2.53. The second-order valence-corrected chi connectivity index (χ2v) is 5.97. The second kappa shape index (κ2) is 8.13. The van der Waals surface area contributed by atoms with E-state index in [9.17, 15) is 4.79 Å². The third-order valence-corrected chi connectivity index (χ3v) is 4.46. The standard InChI is InChI=1S/C17H22O3S/c1-3-5-11-14-12-21-16(17(18)19-4-2)15(20-14)13-9-7-6-8-10-13/h6-10,14H,3-5,11-12H2,1-2H3. The highest BCUT2D eigenvalue weighted by Gasteiger charge is 2.28. The number of benzene rings is 1. The summed E-state index contributed by atoms with van der Waals surface area (Å²) < 4.78 is 11.3. The Balaban J connectivity index is 2.25. The molecule has 114 valence electrons. The van der Waals surface area contributed by atoms with Crippen molar-refractivity contribution in [3.8, 4) is 0 Å². The first-order chi connectivity index (χ1) is 10.3. The lowest BCUT2D eigenvalue weighted by Gasteiger charge is -2.27. The molecule has 0 radical (unpaired) electrons. The summed E-state index contributed by atoms with van der Waals surface area (Å²) >= 11 is 1.55. The highest BCUT2D eigenvalue weighted by Crippen LogP contribution is 2.36. The number of carbonyl (C=O) groups excluding carboxylic acids is 1. The van der Waals surface area contributed by atoms with Crippen LogP contribution in [-0.4, -0.2) is 24.4 Å². The predicted molar refractivity (Wildman–Crippen MR) is 86.9 cm³/mol. The van der Waals surface area contributed by atoms with Crippen LogP contribution in [0, 0.1) is 0 Å². The van der Waals surface area contributed by atoms with Gasteiger partial charge in [-0.1, -0.05) is 50.1 Å². The van der Waals surface area contributed by atoms with Crippen LogP contribution in [0.4, 0.5) is 0 Å². The minimum atomic E-state index is -0.282. The Hall–Kier alpha value is -1.42. The molecule has 1 aromatic carbocycles. The van der Waals surface area contributed by atoms with Crippen LogP contribution in [0.2, 0.25) is 0 Å². The van der Waals surface area contributed by atoms with Crippen LogP contribution in [-0.2, 0) is 14.3 Å². The van der Waals surface area contributed by atoms with E-state index in [1.807, 2.05) is 37.3 Å². The molecule has 0 fully saturated rings. The Kier molecular flexibility index (Phi) is 6.18. The first-order valence-electron chi connectivity index (χ1n) is 7.52. The van der Waals surface area contributed by atoms with Gasteiger partial charge in [0.25, 0.3) is 0 Å². The minimum Gasteiger partial charge on any atom is -0.487 e. The zero-order chi connectivity index (χ0) is 15.1. The summed E-state index contributed by atoms with van der Waals surface area (Å²) in [6, 6.07) is 9.80. The van der Waals surface area contributed by atoms with Crippen LogP contribution in [0.25, 0.3) is 5.76 Å². The van der Waals surface area contributed by atoms with E-state index in [1.165, 1.54) is 0 Å². The quantitative estimate of drug-likeness (QED) is 0.736. The molecular weight excluding hydrogens is 284 g/mol. The zero-order valence-electron chi connectivity index (χ0n) is 12.6. The van der Waals surface area contributed by atoms with Gasteiger partial charge in [-0.25, -0.2) is 4.79 Å². The third-order valence-electron chi connectivity index (χ3n) is 3.28. The van der Waals surface area contributed by atoms with Crippen molar-refractivity contribution in [3.05, 3.63) is 40.8 Å². The Morgan fingerprint density at radius 2 is 2.10 bits per heavy atom. The number of unbranched alkanes of at least 4 members (excludes halogenated alkanes) is 1. The lowest BCUT2D eigenvalue weighted by atomic mass is 10.1. The van der Waals surface area contributed by atoms with Gasteiger partial charge in [0.2, 0.25) is 0 Å². The summed E-state index contributed by atoms with van der Waals surface area (Å²) in [5.41, 5.74) is 0.939. The SMILES string of the molecule is CCCCC1CSC(C(=O)OCC)=C(c2ccccc2)O1. The lowest BCUT2D eigenvalue weighted by Crippen LogP contribution is -2.23. The van der Waals surface area contributed by atoms with Crippen molar-refractivity contribution in [2.75, 3.05) is 12.4 Å². The first kappa shape index (κ1) is 16.0. The van der Waals surface area contributed by atoms with Crippen LogP contribution >= 0.6 is 11.8 Å². The topological polar surface area (TPSA) is 35.5 Å². The summed E-state index contributed by atoms with van der Waals surface area (Å²) in [5.74, 6) is 1.20. The predicted octanol–water partition coefficient (Wildman–Crippen LogP) is 4.24. The second-order valence-electron chi connectivity index (χ2n) is 4.94. The number of hydrogen-bond donors (Lipinski definition) is 0. The summed E-state index contributed by atoms with van der Waals surface area (Å²) in [5, 5.41) is 0. The van der Waals surface area contributed by atoms with Crippen molar-refractivity contribution in [2.24, 2.45) is 0 Å². The number of esters is 1. The molecule has 1 atom stereocenters. The Morgan fingerprint density at radius 3 is 2.76 bits per heavy atom. The fraction of sp³-hybridized carbons (Fsp3) is 0.471. The Labute approximate surface area is 130 Å². The van der Waals surface area contributed by atoms with E-state index in [-0.39, 0.29) is 12.1 Å². The van der Waals surface area contributed by atoms with Gasteiger partial charge in [0.05, 0.1) is 6.61 Å². The van der Waals surface area contributed by atoms with Crippen LogP contribution in [0.3, 0.4) is 0 Å². The van der Waals surface area contributed by atoms with Gasteiger partial charge in [0, 0.05) is 11.3 Å². The van der Waals surface area contributed by atoms with Crippen molar-refractivity contribution < 1.29 is 14.3 Å². The number of thioether (sulfide) groups is 1. The molecule has 21 heavy (non-hydrogen) atoms. The van der Waals surface area contributed by atoms with Crippen molar-refractivity contribution in [1.82, 2.24) is 0 Å². The highest BCUT2D eigenvalue weighted by molar-refractivity contribution is 8.04. The maximum absolute atomic E-state index is 12.1. The van der Waals surface area contributed by atoms with Gasteiger partial charge in [0.1, 0.15) is 16.8 Å². The largest absolute Gasteiger partial charge is 0.487 e. The normalized spacial score (nSPS) is 18.3. The molecule has 0 aromatic heterocycles. The zero-order valence-corrected chi connectivity index (χ0v) is 13.4. The molecule has 1 aromatic rings. The van der Waals surface area contributed by atoms with Gasteiger partial charge in [-0.3, -0.25) is 0 Å². The summed E-state index contributed by atoms with van der Waals surface area (Å²) in [4.78, 5) is 12.7. The molecule has 0 N–H and O–H groups in total. The molecule has 0 bridgehead atoms. The van der Waals surface area contributed by atoms with E-state index in [0.29, 0.717) is 17.3 Å². The first-order valence-corrected chi connectivity index (χ1v) is 8.51. The van der Waals surface area contributed by atoms with Gasteiger partial charge in [-0.05, 0) is 13.3 Å². The fourth-order valence-electron chi connectivity index (χ4n) is 2.21. The molecule has 1 unspecified atom stereocenters. The van der Waals surface area contributed by atoms with Crippen LogP contribution < -0.4 is 0 Å². The van der Waals surface area contributed by atoms with Crippen LogP contribution in [0.15, 0.2) is 35.2 Å². The molecule has 1 heterocycles. The van der Waals surface area contributed by atoms with E-state index >= 15 is 0 Å². The summed E-state index contributed by atoms with van der Waals surface area (Å²) in [6.45, 7) is 4.37. The van der Waals surface area contributed by atoms with Gasteiger partial charge >= 0.3 is 5.97 Å². The molecule has 1 aliphatic heterocycles. The molecule has 0 amide bonds. The average molecular weight is 306 g/mol. The number of hydrogen-bond acceptors (Lipinski definition) is 4. The van der Waals surface area contributed by atoms with Crippen molar-refractivity contribution in [3.63, 3.8) is 0 Å². The smallest absolute Gasteiger partial charge is 0.348 e. The van der Waals surface area contributed by atoms with Gasteiger partial charge in [-0.2, -0.15) is 0 Å². The van der Waals surface area contributed by atoms with E-state index in [2.05, 4.69) is 6.92 Å². The van der Waals surface area contributed by atoms with Gasteiger partial charge < -0.3 is 9.47 Å². The van der Waals surface area contributed by atoms with Crippen molar-refractivity contribution >= 4 is 23.5 Å². The van der Waals surface area contributed by atoms with E-state index < -0.39 is 0 Å². The van der Waals surface area contributed by atoms with E-state index in [1.54, 1.807) is 11.8 Å². The molecule has 0 saturated heterocycles. The van der Waals surface area contributed by atoms with Crippen LogP contribution in [0.5, 0.6) is 0 Å². The van der Waals surface area contributed by atoms with Gasteiger partial charge in [-0.15, -0.1) is 11.8 Å². The molecule has 0 saturated carbocycles. The summed E-state index contributed by atoms with van der Waals surface area (Å²) in [6.07, 6.45) is 3.49. The maximum Gasteiger partial charge on any atom is 0.348 e. The number of carbonyl (C=O) groups is 1. The molecule has 4 heteroatoms.